The van der Waals surface area contributed by atoms with Gasteiger partial charge in [-0.15, -0.1) is 0 Å². The zero-order chi connectivity index (χ0) is 10.9. The second-order valence-corrected chi connectivity index (χ2v) is 3.08. The second kappa shape index (κ2) is 4.16. The number of hydrogen-bond donors (Lipinski definition) is 2. The average molecular weight is 226 g/mol. The van der Waals surface area contributed by atoms with Crippen molar-refractivity contribution in [1.29, 1.82) is 0 Å². The molecule has 1 rings (SSSR count). The van der Waals surface area contributed by atoms with Gasteiger partial charge in [-0.25, -0.2) is 13.2 Å². The molecule has 0 aliphatic heterocycles. The summed E-state index contributed by atoms with van der Waals surface area (Å²) in [7, 11) is 0. The molecule has 0 saturated heterocycles. The summed E-state index contributed by atoms with van der Waals surface area (Å²) in [6.07, 6.45) is 0. The molecular weight excluding hydrogens is 219 g/mol. The van der Waals surface area contributed by atoms with Crippen LogP contribution in [0.2, 0.25) is 5.02 Å². The van der Waals surface area contributed by atoms with Crippen LogP contribution in [0.15, 0.2) is 6.07 Å². The van der Waals surface area contributed by atoms with Crippen molar-refractivity contribution in [1.82, 2.24) is 0 Å². The van der Waals surface area contributed by atoms with Gasteiger partial charge in [0.2, 0.25) is 0 Å². The number of halogens is 4. The number of aliphatic hydroxyl groups is 1. The highest BCUT2D eigenvalue weighted by atomic mass is 35.5. The highest BCUT2D eigenvalue weighted by molar-refractivity contribution is 6.30. The molecular formula is C8H7ClF3NO. The van der Waals surface area contributed by atoms with Gasteiger partial charge in [0.25, 0.3) is 0 Å². The van der Waals surface area contributed by atoms with Gasteiger partial charge in [-0.1, -0.05) is 11.6 Å². The maximum absolute atomic E-state index is 13.2. The third-order valence-corrected chi connectivity index (χ3v) is 1.99. The van der Waals surface area contributed by atoms with Gasteiger partial charge in [-0.3, -0.25) is 0 Å². The van der Waals surface area contributed by atoms with Crippen LogP contribution in [-0.2, 0) is 0 Å². The summed E-state index contributed by atoms with van der Waals surface area (Å²) in [6.45, 7) is -0.701. The lowest BCUT2D eigenvalue weighted by Gasteiger charge is -2.12. The lowest BCUT2D eigenvalue weighted by atomic mass is 10.1. The molecule has 0 amide bonds. The van der Waals surface area contributed by atoms with Crippen LogP contribution in [0, 0.1) is 17.5 Å². The fraction of sp³-hybridized carbons (Fsp3) is 0.250. The maximum atomic E-state index is 13.2. The first-order valence-electron chi connectivity index (χ1n) is 3.68. The van der Waals surface area contributed by atoms with Crippen molar-refractivity contribution in [2.24, 2.45) is 5.73 Å². The van der Waals surface area contributed by atoms with E-state index in [4.69, 9.17) is 22.4 Å². The molecule has 0 radical (unpaired) electrons. The van der Waals surface area contributed by atoms with Crippen molar-refractivity contribution in [2.75, 3.05) is 6.61 Å². The molecule has 1 aromatic carbocycles. The first-order valence-corrected chi connectivity index (χ1v) is 4.06. The van der Waals surface area contributed by atoms with E-state index in [0.717, 1.165) is 0 Å². The third-order valence-electron chi connectivity index (χ3n) is 1.71. The summed E-state index contributed by atoms with van der Waals surface area (Å²) >= 11 is 5.27. The van der Waals surface area contributed by atoms with E-state index in [2.05, 4.69) is 0 Å². The largest absolute Gasteiger partial charge is 0.394 e. The number of hydrogen-bond acceptors (Lipinski definition) is 2. The minimum atomic E-state index is -1.42. The molecule has 2 nitrogen and oxygen atoms in total. The Kier molecular flexibility index (Phi) is 3.36. The smallest absolute Gasteiger partial charge is 0.166 e. The first kappa shape index (κ1) is 11.3. The molecule has 1 aromatic rings. The molecule has 1 unspecified atom stereocenters. The van der Waals surface area contributed by atoms with Crippen LogP contribution in [0.5, 0.6) is 0 Å². The Morgan fingerprint density at radius 1 is 1.36 bits per heavy atom. The summed E-state index contributed by atoms with van der Waals surface area (Å²) in [5.41, 5.74) is 4.44. The second-order valence-electron chi connectivity index (χ2n) is 2.67. The van der Waals surface area contributed by atoms with Gasteiger partial charge >= 0.3 is 0 Å². The number of aliphatic hydroxyl groups excluding tert-OH is 1. The van der Waals surface area contributed by atoms with Crippen LogP contribution < -0.4 is 5.73 Å². The van der Waals surface area contributed by atoms with Crippen LogP contribution in [0.1, 0.15) is 11.6 Å². The molecule has 0 bridgehead atoms. The van der Waals surface area contributed by atoms with Crippen molar-refractivity contribution >= 4 is 11.6 Å². The monoisotopic (exact) mass is 225 g/mol. The standard InChI is InChI=1S/C8H7ClF3NO/c9-3-1-4(10)8(12)6(7(3)11)5(13)2-14/h1,5,14H,2,13H2. The molecule has 0 aromatic heterocycles. The van der Waals surface area contributed by atoms with Gasteiger partial charge in [0.15, 0.2) is 11.6 Å². The molecule has 0 spiro atoms. The SMILES string of the molecule is NC(CO)c1c(F)c(F)cc(Cl)c1F. The van der Waals surface area contributed by atoms with Crippen LogP contribution in [0.4, 0.5) is 13.2 Å². The fourth-order valence-electron chi connectivity index (χ4n) is 1.01. The Balaban J connectivity index is 3.39. The molecule has 6 heteroatoms. The van der Waals surface area contributed by atoms with Crippen LogP contribution in [0.25, 0.3) is 0 Å². The predicted molar refractivity (Wildman–Crippen MR) is 45.3 cm³/mol. The molecule has 78 valence electrons. The normalized spacial score (nSPS) is 13.0. The third kappa shape index (κ3) is 1.84. The Bertz CT molecular complexity index is 333. The molecule has 1 atom stereocenters. The number of nitrogens with two attached hydrogens (primary N) is 1. The Labute approximate surface area is 83.1 Å². The number of rotatable bonds is 2. The molecule has 14 heavy (non-hydrogen) atoms. The zero-order valence-electron chi connectivity index (χ0n) is 6.90. The van der Waals surface area contributed by atoms with E-state index in [9.17, 15) is 13.2 Å². The van der Waals surface area contributed by atoms with E-state index in [0.29, 0.717) is 6.07 Å². The molecule has 0 aliphatic rings. The van der Waals surface area contributed by atoms with E-state index < -0.39 is 40.7 Å². The summed E-state index contributed by atoms with van der Waals surface area (Å²) in [4.78, 5) is 0. The lowest BCUT2D eigenvalue weighted by Crippen LogP contribution is -2.19. The molecule has 0 fully saturated rings. The van der Waals surface area contributed by atoms with Gasteiger partial charge in [-0.05, 0) is 6.07 Å². The van der Waals surface area contributed by atoms with E-state index in [-0.39, 0.29) is 0 Å². The van der Waals surface area contributed by atoms with Crippen molar-refractivity contribution in [2.45, 2.75) is 6.04 Å². The molecule has 0 heterocycles. The van der Waals surface area contributed by atoms with Crippen LogP contribution in [0.3, 0.4) is 0 Å². The Hall–Kier alpha value is -0.780. The summed E-state index contributed by atoms with van der Waals surface area (Å²) in [6, 6.07) is -0.817. The van der Waals surface area contributed by atoms with Gasteiger partial charge in [0, 0.05) is 5.56 Å². The average Bonchev–Trinajstić information content (AvgIpc) is 2.15. The lowest BCUT2D eigenvalue weighted by molar-refractivity contribution is 0.261. The highest BCUT2D eigenvalue weighted by Crippen LogP contribution is 2.27. The van der Waals surface area contributed by atoms with Gasteiger partial charge in [-0.2, -0.15) is 0 Å². The fourth-order valence-corrected chi connectivity index (χ4v) is 1.21. The van der Waals surface area contributed by atoms with Crippen molar-refractivity contribution in [3.63, 3.8) is 0 Å². The van der Waals surface area contributed by atoms with Crippen LogP contribution >= 0.6 is 11.6 Å². The zero-order valence-corrected chi connectivity index (χ0v) is 7.65. The summed E-state index contributed by atoms with van der Waals surface area (Å²) < 4.78 is 38.9. The molecule has 0 aliphatic carbocycles. The maximum Gasteiger partial charge on any atom is 0.166 e. The molecule has 3 N–H and O–H groups in total. The quantitative estimate of drug-likeness (QED) is 0.754. The van der Waals surface area contributed by atoms with E-state index >= 15 is 0 Å². The van der Waals surface area contributed by atoms with Gasteiger partial charge < -0.3 is 10.8 Å². The van der Waals surface area contributed by atoms with Gasteiger partial charge in [0.1, 0.15) is 5.82 Å². The minimum Gasteiger partial charge on any atom is -0.394 e. The Morgan fingerprint density at radius 2 is 1.93 bits per heavy atom. The van der Waals surface area contributed by atoms with Crippen molar-refractivity contribution in [3.05, 3.63) is 34.1 Å². The minimum absolute atomic E-state index is 0.514. The highest BCUT2D eigenvalue weighted by Gasteiger charge is 2.22. The topological polar surface area (TPSA) is 46.2 Å². The predicted octanol–water partition coefficient (Wildman–Crippen LogP) is 1.75. The number of benzene rings is 1. The van der Waals surface area contributed by atoms with Crippen LogP contribution in [-0.4, -0.2) is 11.7 Å². The van der Waals surface area contributed by atoms with E-state index in [1.165, 1.54) is 0 Å². The summed E-state index contributed by atoms with van der Waals surface area (Å²) in [5, 5.41) is 8.03. The molecule has 0 saturated carbocycles. The van der Waals surface area contributed by atoms with Gasteiger partial charge in [0.05, 0.1) is 17.7 Å². The van der Waals surface area contributed by atoms with E-state index in [1.54, 1.807) is 0 Å². The first-order chi connectivity index (χ1) is 6.49. The summed E-state index contributed by atoms with van der Waals surface area (Å²) in [5.74, 6) is -3.86. The van der Waals surface area contributed by atoms with Crippen molar-refractivity contribution < 1.29 is 18.3 Å². The van der Waals surface area contributed by atoms with Crippen molar-refractivity contribution in [3.8, 4) is 0 Å². The Morgan fingerprint density at radius 3 is 2.43 bits per heavy atom. The van der Waals surface area contributed by atoms with E-state index in [1.807, 2.05) is 0 Å².